The number of rotatable bonds is 1. The molecule has 3 heterocycles. The van der Waals surface area contributed by atoms with E-state index in [1.54, 1.807) is 0 Å². The number of amidine groups is 1. The van der Waals surface area contributed by atoms with Gasteiger partial charge >= 0.3 is 0 Å². The molecule has 0 unspecified atom stereocenters. The zero-order valence-corrected chi connectivity index (χ0v) is 14.3. The molecule has 2 saturated heterocycles. The first-order valence-electron chi connectivity index (χ1n) is 8.47. The lowest BCUT2D eigenvalue weighted by Gasteiger charge is -2.21. The Kier molecular flexibility index (Phi) is 4.13. The van der Waals surface area contributed by atoms with Crippen LogP contribution in [0.5, 0.6) is 0 Å². The monoisotopic (exact) mass is 315 g/mol. The van der Waals surface area contributed by atoms with Gasteiger partial charge in [-0.05, 0) is 29.9 Å². The Morgan fingerprint density at radius 1 is 1.04 bits per heavy atom. The third kappa shape index (κ3) is 3.23. The average molecular weight is 315 g/mol. The van der Waals surface area contributed by atoms with Gasteiger partial charge in [0.15, 0.2) is 0 Å². The van der Waals surface area contributed by atoms with E-state index in [2.05, 4.69) is 31.7 Å². The molecule has 3 aliphatic heterocycles. The smallest absolute Gasteiger partial charge is 0.235 e. The van der Waals surface area contributed by atoms with Crippen molar-refractivity contribution in [3.63, 3.8) is 0 Å². The van der Waals surface area contributed by atoms with Crippen LogP contribution in [-0.2, 0) is 9.59 Å². The number of hydrogen-bond acceptors (Lipinski definition) is 4. The van der Waals surface area contributed by atoms with Gasteiger partial charge in [0.05, 0.1) is 0 Å². The molecule has 0 bridgehead atoms. The second-order valence-corrected chi connectivity index (χ2v) is 7.46. The van der Waals surface area contributed by atoms with Gasteiger partial charge in [-0.25, -0.2) is 9.89 Å². The normalized spacial score (nSPS) is 23.0. The average Bonchev–Trinajstić information content (AvgIpc) is 3.04. The number of amides is 2. The van der Waals surface area contributed by atoms with Gasteiger partial charge in [-0.2, -0.15) is 0 Å². The summed E-state index contributed by atoms with van der Waals surface area (Å²) in [6.07, 6.45) is 7.80. The lowest BCUT2D eigenvalue weighted by Crippen LogP contribution is -2.31. The van der Waals surface area contributed by atoms with Crippen molar-refractivity contribution in [3.05, 3.63) is 23.5 Å². The summed E-state index contributed by atoms with van der Waals surface area (Å²) >= 11 is 0. The van der Waals surface area contributed by atoms with Crippen LogP contribution in [0.3, 0.4) is 0 Å². The summed E-state index contributed by atoms with van der Waals surface area (Å²) in [5, 5.41) is 0. The van der Waals surface area contributed by atoms with Crippen molar-refractivity contribution in [2.45, 2.75) is 52.9 Å². The lowest BCUT2D eigenvalue weighted by molar-refractivity contribution is -0.135. The maximum absolute atomic E-state index is 12.1. The van der Waals surface area contributed by atoms with Crippen LogP contribution in [0.25, 0.3) is 0 Å². The van der Waals surface area contributed by atoms with E-state index < -0.39 is 0 Å². The first-order valence-corrected chi connectivity index (χ1v) is 8.47. The number of likely N-dealkylation sites (tertiary alicyclic amines) is 2. The van der Waals surface area contributed by atoms with Gasteiger partial charge in [-0.1, -0.05) is 26.8 Å². The van der Waals surface area contributed by atoms with Gasteiger partial charge in [0.1, 0.15) is 11.7 Å². The first kappa shape index (κ1) is 16.0. The summed E-state index contributed by atoms with van der Waals surface area (Å²) in [4.78, 5) is 32.6. The molecule has 0 aromatic rings. The zero-order chi connectivity index (χ0) is 16.6. The van der Waals surface area contributed by atoms with Crippen LogP contribution in [0, 0.1) is 5.41 Å². The number of carbonyl (C=O) groups is 2. The summed E-state index contributed by atoms with van der Waals surface area (Å²) in [6, 6.07) is 0. The number of imide groups is 1. The number of nitrogens with zero attached hydrogens (tertiary/aromatic N) is 3. The topological polar surface area (TPSA) is 53.0 Å². The van der Waals surface area contributed by atoms with Gasteiger partial charge in [0, 0.05) is 32.4 Å². The molecule has 0 radical (unpaired) electrons. The van der Waals surface area contributed by atoms with Crippen molar-refractivity contribution in [3.8, 4) is 0 Å². The van der Waals surface area contributed by atoms with E-state index in [-0.39, 0.29) is 17.2 Å². The molecule has 0 saturated carbocycles. The molecular formula is C18H25N3O2. The summed E-state index contributed by atoms with van der Waals surface area (Å²) in [6.45, 7) is 8.43. The van der Waals surface area contributed by atoms with E-state index in [4.69, 9.17) is 4.99 Å². The Labute approximate surface area is 137 Å². The Bertz CT molecular complexity index is 601. The Hall–Kier alpha value is -1.91. The molecular weight excluding hydrogens is 290 g/mol. The third-order valence-electron chi connectivity index (χ3n) is 4.65. The maximum atomic E-state index is 12.1. The van der Waals surface area contributed by atoms with Gasteiger partial charge in [-0.15, -0.1) is 0 Å². The number of allylic oxidation sites excluding steroid dienone is 2. The minimum Gasteiger partial charge on any atom is -0.360 e. The van der Waals surface area contributed by atoms with Crippen LogP contribution in [0.1, 0.15) is 52.9 Å². The minimum absolute atomic E-state index is 0.0486. The van der Waals surface area contributed by atoms with E-state index in [0.717, 1.165) is 30.9 Å². The van der Waals surface area contributed by atoms with Gasteiger partial charge < -0.3 is 4.90 Å². The van der Waals surface area contributed by atoms with Gasteiger partial charge in [0.25, 0.3) is 0 Å². The van der Waals surface area contributed by atoms with Crippen molar-refractivity contribution in [2.24, 2.45) is 10.4 Å². The zero-order valence-electron chi connectivity index (χ0n) is 14.3. The van der Waals surface area contributed by atoms with E-state index in [1.165, 1.54) is 17.7 Å². The minimum atomic E-state index is -0.138. The molecule has 3 aliphatic rings. The summed E-state index contributed by atoms with van der Waals surface area (Å²) in [5.74, 6) is 1.19. The van der Waals surface area contributed by atoms with Crippen molar-refractivity contribution >= 4 is 17.6 Å². The van der Waals surface area contributed by atoms with E-state index in [1.807, 2.05) is 6.08 Å². The van der Waals surface area contributed by atoms with Crippen LogP contribution in [0.2, 0.25) is 0 Å². The molecule has 2 fully saturated rings. The molecule has 5 nitrogen and oxygen atoms in total. The molecule has 124 valence electrons. The molecule has 0 N–H and O–H groups in total. The molecule has 2 amide bonds. The third-order valence-corrected chi connectivity index (χ3v) is 4.65. The van der Waals surface area contributed by atoms with Crippen molar-refractivity contribution in [2.75, 3.05) is 13.1 Å². The lowest BCUT2D eigenvalue weighted by atomic mass is 9.85. The van der Waals surface area contributed by atoms with Crippen LogP contribution >= 0.6 is 0 Å². The predicted octanol–water partition coefficient (Wildman–Crippen LogP) is 2.85. The van der Waals surface area contributed by atoms with E-state index in [9.17, 15) is 9.59 Å². The Morgan fingerprint density at radius 3 is 2.22 bits per heavy atom. The van der Waals surface area contributed by atoms with E-state index in [0.29, 0.717) is 18.7 Å². The number of carbonyl (C=O) groups excluding carboxylic acids is 2. The number of hydrogen-bond donors (Lipinski definition) is 0. The molecule has 0 spiro atoms. The largest absolute Gasteiger partial charge is 0.360 e. The molecule has 5 heteroatoms. The fourth-order valence-corrected chi connectivity index (χ4v) is 3.25. The molecule has 0 aromatic heterocycles. The highest BCUT2D eigenvalue weighted by Crippen LogP contribution is 2.32. The predicted molar refractivity (Wildman–Crippen MR) is 89.6 cm³/mol. The summed E-state index contributed by atoms with van der Waals surface area (Å²) in [7, 11) is 0. The standard InChI is InChI=1S/C18H25N3O2/c1-18(2,3)13-6-7-14(20-10-4-5-11-20)19-15(12-13)21-16(22)8-9-17(21)23/h6,12H,4-5,7-11H2,1-3H3. The van der Waals surface area contributed by atoms with Crippen molar-refractivity contribution in [1.29, 1.82) is 0 Å². The second-order valence-electron chi connectivity index (χ2n) is 7.46. The molecule has 23 heavy (non-hydrogen) atoms. The van der Waals surface area contributed by atoms with Crippen LogP contribution in [0.15, 0.2) is 28.5 Å². The van der Waals surface area contributed by atoms with Gasteiger partial charge in [-0.3, -0.25) is 9.59 Å². The fourth-order valence-electron chi connectivity index (χ4n) is 3.25. The highest BCUT2D eigenvalue weighted by Gasteiger charge is 2.34. The molecule has 0 aliphatic carbocycles. The SMILES string of the molecule is CC(C)(C)C1=CCC(N2CCCC2)=NC(N2C(=O)CCC2=O)=C1. The van der Waals surface area contributed by atoms with Crippen molar-refractivity contribution < 1.29 is 9.59 Å². The quantitative estimate of drug-likeness (QED) is 0.699. The second kappa shape index (κ2) is 5.95. The maximum Gasteiger partial charge on any atom is 0.235 e. The Balaban J connectivity index is 2.00. The van der Waals surface area contributed by atoms with E-state index >= 15 is 0 Å². The highest BCUT2D eigenvalue weighted by atomic mass is 16.2. The summed E-state index contributed by atoms with van der Waals surface area (Å²) in [5.41, 5.74) is 1.07. The molecule has 0 aromatic carbocycles. The first-order chi connectivity index (χ1) is 10.9. The van der Waals surface area contributed by atoms with Crippen LogP contribution in [-0.4, -0.2) is 40.5 Å². The van der Waals surface area contributed by atoms with Crippen LogP contribution < -0.4 is 0 Å². The van der Waals surface area contributed by atoms with Crippen molar-refractivity contribution in [1.82, 2.24) is 9.80 Å². The highest BCUT2D eigenvalue weighted by molar-refractivity contribution is 6.04. The van der Waals surface area contributed by atoms with Gasteiger partial charge in [0.2, 0.25) is 11.8 Å². The molecule has 0 atom stereocenters. The fraction of sp³-hybridized carbons (Fsp3) is 0.611. The number of aliphatic imine (C=N–C) groups is 1. The van der Waals surface area contributed by atoms with Crippen LogP contribution in [0.4, 0.5) is 0 Å². The summed E-state index contributed by atoms with van der Waals surface area (Å²) < 4.78 is 0. The molecule has 3 rings (SSSR count). The Morgan fingerprint density at radius 2 is 1.65 bits per heavy atom.